The zero-order chi connectivity index (χ0) is 18.5. The summed E-state index contributed by atoms with van der Waals surface area (Å²) in [7, 11) is 0. The van der Waals surface area contributed by atoms with Crippen molar-refractivity contribution in [2.24, 2.45) is 0 Å². The van der Waals surface area contributed by atoms with E-state index in [2.05, 4.69) is 9.97 Å². The van der Waals surface area contributed by atoms with Crippen LogP contribution in [0.25, 0.3) is 21.8 Å². The first kappa shape index (κ1) is 15.9. The van der Waals surface area contributed by atoms with Gasteiger partial charge >= 0.3 is 5.97 Å². The predicted octanol–water partition coefficient (Wildman–Crippen LogP) is 4.26. The number of aromatic amines is 1. The number of aromatic nitrogens is 2. The fourth-order valence-corrected chi connectivity index (χ4v) is 4.14. The number of hydrogen-bond acceptors (Lipinski definition) is 6. The monoisotopic (exact) mass is 376 g/mol. The highest BCUT2D eigenvalue weighted by atomic mass is 32.2. The summed E-state index contributed by atoms with van der Waals surface area (Å²) in [4.78, 5) is 32.4. The molecule has 132 valence electrons. The van der Waals surface area contributed by atoms with Crippen molar-refractivity contribution in [3.63, 3.8) is 0 Å². The number of nitrogens with one attached hydrogen (secondary N) is 1. The first-order valence-corrected chi connectivity index (χ1v) is 9.05. The molecule has 1 N–H and O–H groups in total. The Hall–Kier alpha value is -3.32. The quantitative estimate of drug-likeness (QED) is 0.440. The topological polar surface area (TPSA) is 81.3 Å². The Morgan fingerprint density at radius 3 is 2.56 bits per heavy atom. The minimum absolute atomic E-state index is 0.138. The van der Waals surface area contributed by atoms with Crippen molar-refractivity contribution >= 4 is 39.5 Å². The lowest BCUT2D eigenvalue weighted by Gasteiger charge is -2.23. The van der Waals surface area contributed by atoms with Crippen LogP contribution in [-0.4, -0.2) is 15.9 Å². The van der Waals surface area contributed by atoms with Gasteiger partial charge in [0.2, 0.25) is 5.88 Å². The molecule has 0 aliphatic carbocycles. The second-order valence-corrected chi connectivity index (χ2v) is 7.07. The number of para-hydroxylation sites is 2. The summed E-state index contributed by atoms with van der Waals surface area (Å²) in [5, 5.41) is 1.59. The van der Waals surface area contributed by atoms with E-state index in [-0.39, 0.29) is 11.4 Å². The molecule has 27 heavy (non-hydrogen) atoms. The van der Waals surface area contributed by atoms with Crippen LogP contribution in [0.2, 0.25) is 0 Å². The third-order valence-corrected chi connectivity index (χ3v) is 5.39. The number of esters is 1. The number of ether oxygens (including phenoxy) is 2. The highest BCUT2D eigenvalue weighted by Gasteiger charge is 2.29. The maximum absolute atomic E-state index is 12.6. The fourth-order valence-electron chi connectivity index (χ4n) is 3.13. The molecule has 0 bridgehead atoms. The van der Waals surface area contributed by atoms with Gasteiger partial charge in [0.05, 0.1) is 11.0 Å². The molecule has 1 aliphatic rings. The largest absolute Gasteiger partial charge is 0.453 e. The standard InChI is InChI=1S/C20H12N2O4S/c1-10(23)25-20-18-16(12-7-3-5-9-14(12)22-20)26-15-11-6-2-4-8-13(11)21-19(24)17(15)27-18/h2-9H,1H3,(H,21,24). The van der Waals surface area contributed by atoms with E-state index in [0.29, 0.717) is 32.3 Å². The minimum atomic E-state index is -0.487. The van der Waals surface area contributed by atoms with Crippen LogP contribution in [0.3, 0.4) is 0 Å². The molecule has 0 fully saturated rings. The number of carbonyl (C=O) groups excluding carboxylic acids is 1. The van der Waals surface area contributed by atoms with Crippen LogP contribution < -0.4 is 15.0 Å². The van der Waals surface area contributed by atoms with E-state index in [0.717, 1.165) is 10.8 Å². The summed E-state index contributed by atoms with van der Waals surface area (Å²) in [6, 6.07) is 14.9. The molecule has 4 aromatic rings. The third-order valence-electron chi connectivity index (χ3n) is 4.25. The van der Waals surface area contributed by atoms with Crippen molar-refractivity contribution in [1.29, 1.82) is 0 Å². The Morgan fingerprint density at radius 2 is 1.74 bits per heavy atom. The highest BCUT2D eigenvalue weighted by Crippen LogP contribution is 2.53. The number of pyridine rings is 2. The van der Waals surface area contributed by atoms with Gasteiger partial charge in [-0.15, -0.1) is 0 Å². The molecule has 0 spiro atoms. The van der Waals surface area contributed by atoms with E-state index in [1.807, 2.05) is 48.5 Å². The van der Waals surface area contributed by atoms with Crippen LogP contribution in [0.1, 0.15) is 6.92 Å². The third kappa shape index (κ3) is 2.47. The number of benzene rings is 2. The highest BCUT2D eigenvalue weighted by molar-refractivity contribution is 7.99. The average Bonchev–Trinajstić information content (AvgIpc) is 2.67. The van der Waals surface area contributed by atoms with Crippen molar-refractivity contribution in [2.75, 3.05) is 0 Å². The van der Waals surface area contributed by atoms with Gasteiger partial charge in [-0.1, -0.05) is 36.0 Å². The van der Waals surface area contributed by atoms with Crippen molar-refractivity contribution in [2.45, 2.75) is 16.7 Å². The molecule has 0 radical (unpaired) electrons. The van der Waals surface area contributed by atoms with E-state index < -0.39 is 5.97 Å². The number of rotatable bonds is 1. The normalized spacial score (nSPS) is 12.3. The summed E-state index contributed by atoms with van der Waals surface area (Å²) in [6.07, 6.45) is 0. The van der Waals surface area contributed by atoms with Gasteiger partial charge in [0.25, 0.3) is 5.56 Å². The molecule has 0 atom stereocenters. The smallest absolute Gasteiger partial charge is 0.309 e. The van der Waals surface area contributed by atoms with Crippen LogP contribution in [0.5, 0.6) is 17.4 Å². The summed E-state index contributed by atoms with van der Waals surface area (Å²) < 4.78 is 11.5. The average molecular weight is 376 g/mol. The lowest BCUT2D eigenvalue weighted by molar-refractivity contribution is -0.132. The molecule has 7 heteroatoms. The second kappa shape index (κ2) is 5.85. The Morgan fingerprint density at radius 1 is 1.04 bits per heavy atom. The molecule has 6 nitrogen and oxygen atoms in total. The van der Waals surface area contributed by atoms with Gasteiger partial charge in [0.1, 0.15) is 9.79 Å². The fraction of sp³-hybridized carbons (Fsp3) is 0.0500. The van der Waals surface area contributed by atoms with E-state index in [4.69, 9.17) is 9.47 Å². The van der Waals surface area contributed by atoms with E-state index in [1.54, 1.807) is 0 Å². The molecular formula is C20H12N2O4S. The molecular weight excluding hydrogens is 364 g/mol. The van der Waals surface area contributed by atoms with Crippen molar-refractivity contribution in [3.8, 4) is 17.4 Å². The van der Waals surface area contributed by atoms with E-state index >= 15 is 0 Å². The zero-order valence-corrected chi connectivity index (χ0v) is 14.9. The van der Waals surface area contributed by atoms with Gasteiger partial charge in [-0.3, -0.25) is 9.59 Å². The van der Waals surface area contributed by atoms with Gasteiger partial charge in [-0.25, -0.2) is 4.98 Å². The molecule has 2 aromatic carbocycles. The Bertz CT molecular complexity index is 1310. The maximum atomic E-state index is 12.6. The number of fused-ring (bicyclic) bond motifs is 6. The lowest BCUT2D eigenvalue weighted by Crippen LogP contribution is -2.14. The summed E-state index contributed by atoms with van der Waals surface area (Å²) in [6.45, 7) is 1.31. The van der Waals surface area contributed by atoms with Crippen LogP contribution >= 0.6 is 11.8 Å². The molecule has 0 saturated carbocycles. The Kier molecular flexibility index (Phi) is 3.45. The van der Waals surface area contributed by atoms with E-state index in [1.165, 1.54) is 18.7 Å². The van der Waals surface area contributed by atoms with Crippen LogP contribution in [0.4, 0.5) is 0 Å². The van der Waals surface area contributed by atoms with Crippen LogP contribution in [0, 0.1) is 0 Å². The van der Waals surface area contributed by atoms with E-state index in [9.17, 15) is 9.59 Å². The van der Waals surface area contributed by atoms with Gasteiger partial charge in [-0.2, -0.15) is 0 Å². The molecule has 3 heterocycles. The summed E-state index contributed by atoms with van der Waals surface area (Å²) >= 11 is 1.20. The second-order valence-electron chi connectivity index (χ2n) is 6.05. The summed E-state index contributed by atoms with van der Waals surface area (Å²) in [5.74, 6) is 0.681. The first-order valence-electron chi connectivity index (χ1n) is 8.23. The number of carbonyl (C=O) groups is 1. The molecule has 5 rings (SSSR count). The molecule has 2 aromatic heterocycles. The van der Waals surface area contributed by atoms with Gasteiger partial charge in [0, 0.05) is 17.7 Å². The SMILES string of the molecule is CC(=O)Oc1nc2ccccc2c2c1Sc1c(c3ccccc3[nH]c1=O)O2. The lowest BCUT2D eigenvalue weighted by atomic mass is 10.2. The Balaban J connectivity index is 1.83. The van der Waals surface area contributed by atoms with Gasteiger partial charge in [0.15, 0.2) is 11.5 Å². The molecule has 1 aliphatic heterocycles. The van der Waals surface area contributed by atoms with Crippen molar-refractivity contribution in [1.82, 2.24) is 9.97 Å². The Labute approximate surface area is 157 Å². The maximum Gasteiger partial charge on any atom is 0.309 e. The summed E-state index contributed by atoms with van der Waals surface area (Å²) in [5.41, 5.74) is 1.08. The van der Waals surface area contributed by atoms with Crippen molar-refractivity contribution in [3.05, 3.63) is 58.9 Å². The van der Waals surface area contributed by atoms with Gasteiger partial charge in [-0.05, 0) is 24.3 Å². The van der Waals surface area contributed by atoms with Crippen molar-refractivity contribution < 1.29 is 14.3 Å². The van der Waals surface area contributed by atoms with Crippen LogP contribution in [0.15, 0.2) is 63.1 Å². The number of nitrogens with zero attached hydrogens (tertiary/aromatic N) is 1. The first-order chi connectivity index (χ1) is 13.1. The predicted molar refractivity (Wildman–Crippen MR) is 102 cm³/mol. The van der Waals surface area contributed by atoms with Gasteiger partial charge < -0.3 is 14.5 Å². The minimum Gasteiger partial charge on any atom is -0.453 e. The molecule has 0 saturated heterocycles. The van der Waals surface area contributed by atoms with Crippen LogP contribution in [-0.2, 0) is 4.79 Å². The molecule has 0 unspecified atom stereocenters. The number of hydrogen-bond donors (Lipinski definition) is 1. The number of H-pyrrole nitrogens is 1. The molecule has 0 amide bonds. The zero-order valence-electron chi connectivity index (χ0n) is 14.1.